The van der Waals surface area contributed by atoms with Gasteiger partial charge in [0.05, 0.1) is 0 Å². The van der Waals surface area contributed by atoms with Crippen LogP contribution in [0.5, 0.6) is 5.75 Å². The highest BCUT2D eigenvalue weighted by molar-refractivity contribution is 9.10. The second-order valence-electron chi connectivity index (χ2n) is 4.06. The highest BCUT2D eigenvalue weighted by atomic mass is 79.9. The van der Waals surface area contributed by atoms with E-state index in [1.807, 2.05) is 48.5 Å². The summed E-state index contributed by atoms with van der Waals surface area (Å²) in [4.78, 5) is 0. The second-order valence-corrected chi connectivity index (χ2v) is 5.39. The van der Waals surface area contributed by atoms with Gasteiger partial charge < -0.3 is 10.1 Å². The van der Waals surface area contributed by atoms with Gasteiger partial charge in [-0.3, -0.25) is 0 Å². The molecule has 0 spiro atoms. The summed E-state index contributed by atoms with van der Waals surface area (Å²) in [6.07, 6.45) is 0. The van der Waals surface area contributed by atoms with E-state index < -0.39 is 0 Å². The number of benzene rings is 2. The number of halogens is 2. The van der Waals surface area contributed by atoms with Gasteiger partial charge >= 0.3 is 0 Å². The molecule has 2 rings (SSSR count). The summed E-state index contributed by atoms with van der Waals surface area (Å²) in [5.74, 6) is 0.665. The van der Waals surface area contributed by atoms with Gasteiger partial charge in [0, 0.05) is 27.8 Å². The van der Waals surface area contributed by atoms with Gasteiger partial charge in [-0.1, -0.05) is 39.7 Å². The number of nitrogens with one attached hydrogen (secondary N) is 1. The molecule has 0 saturated carbocycles. The van der Waals surface area contributed by atoms with Crippen molar-refractivity contribution in [2.24, 2.45) is 0 Å². The highest BCUT2D eigenvalue weighted by Crippen LogP contribution is 2.23. The van der Waals surface area contributed by atoms with E-state index in [-0.39, 0.29) is 6.61 Å². The minimum Gasteiger partial charge on any atom is -0.479 e. The van der Waals surface area contributed by atoms with E-state index in [4.69, 9.17) is 21.6 Å². The predicted octanol–water partition coefficient (Wildman–Crippen LogP) is 4.62. The Bertz CT molecular complexity index is 640. The van der Waals surface area contributed by atoms with Crippen LogP contribution in [0, 0.1) is 11.3 Å². The van der Waals surface area contributed by atoms with Crippen LogP contribution < -0.4 is 10.1 Å². The Morgan fingerprint density at radius 1 is 1.25 bits per heavy atom. The number of rotatable bonds is 5. The summed E-state index contributed by atoms with van der Waals surface area (Å²) >= 11 is 9.54. The summed E-state index contributed by atoms with van der Waals surface area (Å²) in [5.41, 5.74) is 1.93. The molecule has 0 aliphatic carbocycles. The number of nitrogens with zero attached hydrogens (tertiary/aromatic N) is 1. The minimum absolute atomic E-state index is 0.0436. The molecule has 0 radical (unpaired) electrons. The number of nitriles is 1. The van der Waals surface area contributed by atoms with Crippen molar-refractivity contribution in [3.05, 3.63) is 57.5 Å². The molecule has 0 amide bonds. The molecule has 0 fully saturated rings. The minimum atomic E-state index is 0.0436. The van der Waals surface area contributed by atoms with Gasteiger partial charge in [0.2, 0.25) is 0 Å². The van der Waals surface area contributed by atoms with Crippen LogP contribution >= 0.6 is 27.5 Å². The molecule has 102 valence electrons. The number of anilines is 1. The van der Waals surface area contributed by atoms with Crippen LogP contribution in [-0.2, 0) is 6.54 Å². The third-order valence-electron chi connectivity index (χ3n) is 2.64. The van der Waals surface area contributed by atoms with Crippen LogP contribution in [0.1, 0.15) is 5.56 Å². The van der Waals surface area contributed by atoms with E-state index in [0.29, 0.717) is 17.3 Å². The van der Waals surface area contributed by atoms with Crippen molar-refractivity contribution in [2.45, 2.75) is 6.54 Å². The van der Waals surface area contributed by atoms with Gasteiger partial charge in [-0.25, -0.2) is 0 Å². The summed E-state index contributed by atoms with van der Waals surface area (Å²) in [5, 5.41) is 12.5. The molecule has 5 heteroatoms. The Hall–Kier alpha value is -1.70. The van der Waals surface area contributed by atoms with E-state index in [9.17, 15) is 0 Å². The van der Waals surface area contributed by atoms with Gasteiger partial charge in [-0.2, -0.15) is 5.26 Å². The van der Waals surface area contributed by atoms with E-state index >= 15 is 0 Å². The van der Waals surface area contributed by atoms with Crippen LogP contribution in [0.25, 0.3) is 0 Å². The van der Waals surface area contributed by atoms with Crippen LogP contribution in [0.4, 0.5) is 5.69 Å². The molecule has 0 bridgehead atoms. The maximum atomic E-state index is 8.49. The van der Waals surface area contributed by atoms with Crippen molar-refractivity contribution in [1.82, 2.24) is 0 Å². The van der Waals surface area contributed by atoms with Gasteiger partial charge in [0.25, 0.3) is 0 Å². The normalized spacial score (nSPS) is 9.85. The van der Waals surface area contributed by atoms with Crippen molar-refractivity contribution >= 4 is 33.2 Å². The first kappa shape index (κ1) is 14.7. The fraction of sp³-hybridized carbons (Fsp3) is 0.133. The van der Waals surface area contributed by atoms with E-state index in [0.717, 1.165) is 15.7 Å². The topological polar surface area (TPSA) is 45.0 Å². The molecule has 1 N–H and O–H groups in total. The third-order valence-corrected chi connectivity index (χ3v) is 3.48. The molecule has 3 nitrogen and oxygen atoms in total. The Balaban J connectivity index is 2.01. The largest absolute Gasteiger partial charge is 0.479 e. The van der Waals surface area contributed by atoms with Crippen LogP contribution in [0.15, 0.2) is 46.9 Å². The first-order valence-corrected chi connectivity index (χ1v) is 7.14. The Kier molecular flexibility index (Phi) is 5.28. The quantitative estimate of drug-likeness (QED) is 0.855. The molecule has 2 aromatic rings. The molecule has 0 heterocycles. The maximum absolute atomic E-state index is 8.49. The van der Waals surface area contributed by atoms with E-state index in [1.54, 1.807) is 0 Å². The van der Waals surface area contributed by atoms with Gasteiger partial charge in [-0.15, -0.1) is 0 Å². The van der Waals surface area contributed by atoms with Gasteiger partial charge in [0.1, 0.15) is 11.8 Å². The molecule has 20 heavy (non-hydrogen) atoms. The summed E-state index contributed by atoms with van der Waals surface area (Å²) in [6, 6.07) is 15.2. The average Bonchev–Trinajstić information content (AvgIpc) is 2.45. The molecule has 0 aromatic heterocycles. The van der Waals surface area contributed by atoms with Gasteiger partial charge in [-0.05, 0) is 29.8 Å². The second kappa shape index (κ2) is 7.18. The van der Waals surface area contributed by atoms with Gasteiger partial charge in [0.15, 0.2) is 6.61 Å². The Morgan fingerprint density at radius 2 is 2.10 bits per heavy atom. The monoisotopic (exact) mass is 350 g/mol. The Morgan fingerprint density at radius 3 is 2.85 bits per heavy atom. The van der Waals surface area contributed by atoms with Crippen LogP contribution in [-0.4, -0.2) is 6.61 Å². The lowest BCUT2D eigenvalue weighted by Gasteiger charge is -2.10. The van der Waals surface area contributed by atoms with Crippen molar-refractivity contribution < 1.29 is 4.74 Å². The number of hydrogen-bond acceptors (Lipinski definition) is 3. The first-order chi connectivity index (χ1) is 9.69. The molecule has 0 atom stereocenters. The molecule has 0 unspecified atom stereocenters. The molecule has 2 aromatic carbocycles. The fourth-order valence-corrected chi connectivity index (χ4v) is 2.41. The zero-order valence-corrected chi connectivity index (χ0v) is 12.9. The zero-order valence-electron chi connectivity index (χ0n) is 10.6. The van der Waals surface area contributed by atoms with Crippen molar-refractivity contribution in [3.8, 4) is 11.8 Å². The average molecular weight is 352 g/mol. The number of ether oxygens (including phenoxy) is 1. The SMILES string of the molecule is N#CCOc1cccc(NCc2ccc(Br)cc2Cl)c1. The van der Waals surface area contributed by atoms with Crippen LogP contribution in [0.3, 0.4) is 0 Å². The van der Waals surface area contributed by atoms with Crippen molar-refractivity contribution in [1.29, 1.82) is 5.26 Å². The van der Waals surface area contributed by atoms with Crippen LogP contribution in [0.2, 0.25) is 5.02 Å². The lowest BCUT2D eigenvalue weighted by atomic mass is 10.2. The molecule has 0 aliphatic rings. The van der Waals surface area contributed by atoms with Crippen molar-refractivity contribution in [2.75, 3.05) is 11.9 Å². The summed E-state index contributed by atoms with van der Waals surface area (Å²) in [7, 11) is 0. The third kappa shape index (κ3) is 4.16. The van der Waals surface area contributed by atoms with Crippen molar-refractivity contribution in [3.63, 3.8) is 0 Å². The maximum Gasteiger partial charge on any atom is 0.174 e. The lowest BCUT2D eigenvalue weighted by molar-refractivity contribution is 0.368. The molecular formula is C15H12BrClN2O. The van der Waals surface area contributed by atoms with E-state index in [2.05, 4.69) is 21.2 Å². The molecule has 0 aliphatic heterocycles. The first-order valence-electron chi connectivity index (χ1n) is 5.96. The standard InChI is InChI=1S/C15H12BrClN2O/c16-12-5-4-11(15(17)8-12)10-19-13-2-1-3-14(9-13)20-7-6-18/h1-5,8-9,19H,7,10H2. The molecular weight excluding hydrogens is 340 g/mol. The van der Waals surface area contributed by atoms with E-state index in [1.165, 1.54) is 0 Å². The lowest BCUT2D eigenvalue weighted by Crippen LogP contribution is -2.01. The Labute approximate surface area is 131 Å². The fourth-order valence-electron chi connectivity index (χ4n) is 1.67. The smallest absolute Gasteiger partial charge is 0.174 e. The highest BCUT2D eigenvalue weighted by Gasteiger charge is 2.02. The number of hydrogen-bond donors (Lipinski definition) is 1. The summed E-state index contributed by atoms with van der Waals surface area (Å²) < 4.78 is 6.21. The zero-order chi connectivity index (χ0) is 14.4. The predicted molar refractivity (Wildman–Crippen MR) is 84.0 cm³/mol. The molecule has 0 saturated heterocycles. The summed E-state index contributed by atoms with van der Waals surface area (Å²) in [6.45, 7) is 0.663.